The number of hydrogen-bond donors (Lipinski definition) is 3. The fourth-order valence-corrected chi connectivity index (χ4v) is 0.203. The average molecular weight is 156 g/mol. The Bertz CT molecular complexity index is 105. The summed E-state index contributed by atoms with van der Waals surface area (Å²) in [5.74, 6) is -1.33. The first kappa shape index (κ1) is 8.07. The Hall–Kier alpha value is 0.0700. The van der Waals surface area contributed by atoms with Gasteiger partial charge in [0.15, 0.2) is 5.00 Å². The second-order valence-corrected chi connectivity index (χ2v) is 2.32. The number of nitrogens with two attached hydrogens (primary N) is 1. The molecule has 3 nitrogen and oxygen atoms in total. The summed E-state index contributed by atoms with van der Waals surface area (Å²) in [7, 11) is 0. The Labute approximate surface area is 57.2 Å². The second kappa shape index (κ2) is 2.57. The van der Waals surface area contributed by atoms with E-state index < -0.39 is 11.0 Å². The number of aliphatic carboxylic acids is 1. The molecule has 0 spiro atoms. The van der Waals surface area contributed by atoms with Crippen molar-refractivity contribution in [1.29, 1.82) is 0 Å². The zero-order valence-electron chi connectivity index (χ0n) is 3.97. The number of carboxylic acid groups (broad SMARTS) is 1. The van der Waals surface area contributed by atoms with Crippen LogP contribution in [0.5, 0.6) is 0 Å². The number of carbonyl (C=O) groups is 1. The summed E-state index contributed by atoms with van der Waals surface area (Å²) in [4.78, 5) is 8.24. The van der Waals surface area contributed by atoms with Crippen molar-refractivity contribution in [3.63, 3.8) is 0 Å². The molecule has 0 aromatic carbocycles. The molecule has 0 saturated carbocycles. The monoisotopic (exact) mass is 155 g/mol. The van der Waals surface area contributed by atoms with Gasteiger partial charge in [0, 0.05) is 5.75 Å². The van der Waals surface area contributed by atoms with Gasteiger partial charge >= 0.3 is 5.97 Å². The Morgan fingerprint density at radius 2 is 2.38 bits per heavy atom. The smallest absolute Gasteiger partial charge is 0.340 e. The molecule has 5 heteroatoms. The van der Waals surface area contributed by atoms with Gasteiger partial charge in [0.1, 0.15) is 0 Å². The van der Waals surface area contributed by atoms with E-state index in [1.54, 1.807) is 0 Å². The molecule has 0 amide bonds. The third-order valence-electron chi connectivity index (χ3n) is 0.586. The van der Waals surface area contributed by atoms with E-state index in [2.05, 4.69) is 12.6 Å². The van der Waals surface area contributed by atoms with E-state index in [1.807, 2.05) is 0 Å². The number of rotatable bonds is 2. The summed E-state index contributed by atoms with van der Waals surface area (Å²) in [6.45, 7) is 0. The standard InChI is InChI=1S/C3H6ClNO2S/c4-3(5,1-8)2(6)7/h8H,1,5H2,(H,6,7)/t3-/m0/s1. The van der Waals surface area contributed by atoms with Gasteiger partial charge < -0.3 is 10.8 Å². The number of carboxylic acids is 1. The van der Waals surface area contributed by atoms with Crippen molar-refractivity contribution >= 4 is 30.2 Å². The minimum Gasteiger partial charge on any atom is -0.479 e. The molecule has 1 atom stereocenters. The van der Waals surface area contributed by atoms with Crippen molar-refractivity contribution in [3.05, 3.63) is 0 Å². The van der Waals surface area contributed by atoms with Crippen LogP contribution in [-0.2, 0) is 4.79 Å². The van der Waals surface area contributed by atoms with Gasteiger partial charge in [-0.25, -0.2) is 4.79 Å². The maximum Gasteiger partial charge on any atom is 0.340 e. The summed E-state index contributed by atoms with van der Waals surface area (Å²) in [6, 6.07) is 0. The van der Waals surface area contributed by atoms with E-state index in [0.717, 1.165) is 0 Å². The molecule has 0 aromatic heterocycles. The molecule has 0 saturated heterocycles. The van der Waals surface area contributed by atoms with Crippen LogP contribution in [0.15, 0.2) is 0 Å². The van der Waals surface area contributed by atoms with Gasteiger partial charge in [-0.2, -0.15) is 12.6 Å². The van der Waals surface area contributed by atoms with Crippen LogP contribution < -0.4 is 5.73 Å². The lowest BCUT2D eigenvalue weighted by Gasteiger charge is -2.11. The predicted molar refractivity (Wildman–Crippen MR) is 34.3 cm³/mol. The van der Waals surface area contributed by atoms with Crippen LogP contribution in [0.2, 0.25) is 0 Å². The van der Waals surface area contributed by atoms with E-state index in [4.69, 9.17) is 22.4 Å². The van der Waals surface area contributed by atoms with Gasteiger partial charge in [0.25, 0.3) is 0 Å². The first-order valence-electron chi connectivity index (χ1n) is 1.83. The molecule has 0 aliphatic carbocycles. The van der Waals surface area contributed by atoms with E-state index in [9.17, 15) is 4.79 Å². The number of hydrogen-bond acceptors (Lipinski definition) is 3. The van der Waals surface area contributed by atoms with Gasteiger partial charge in [-0.15, -0.1) is 0 Å². The van der Waals surface area contributed by atoms with Gasteiger partial charge in [0.05, 0.1) is 0 Å². The van der Waals surface area contributed by atoms with Gasteiger partial charge in [-0.05, 0) is 0 Å². The molecule has 0 aliphatic heterocycles. The third kappa shape index (κ3) is 1.90. The van der Waals surface area contributed by atoms with Crippen LogP contribution in [0.1, 0.15) is 0 Å². The minimum atomic E-state index is -1.71. The summed E-state index contributed by atoms with van der Waals surface area (Å²) < 4.78 is 0. The minimum absolute atomic E-state index is 0.0795. The SMILES string of the molecule is N[C@@](Cl)(CS)C(=O)O. The fraction of sp³-hybridized carbons (Fsp3) is 0.667. The molecule has 0 heterocycles. The molecule has 0 aliphatic rings. The lowest BCUT2D eigenvalue weighted by molar-refractivity contribution is -0.139. The topological polar surface area (TPSA) is 63.3 Å². The highest BCUT2D eigenvalue weighted by Crippen LogP contribution is 2.07. The summed E-state index contributed by atoms with van der Waals surface area (Å²) in [6.07, 6.45) is 0. The molecule has 0 bridgehead atoms. The molecule has 0 radical (unpaired) electrons. The lowest BCUT2D eigenvalue weighted by atomic mass is 10.4. The number of halogens is 1. The third-order valence-corrected chi connectivity index (χ3v) is 1.57. The zero-order chi connectivity index (χ0) is 6.78. The van der Waals surface area contributed by atoms with E-state index in [-0.39, 0.29) is 5.75 Å². The molecular weight excluding hydrogens is 150 g/mol. The highest BCUT2D eigenvalue weighted by molar-refractivity contribution is 7.80. The van der Waals surface area contributed by atoms with Crippen LogP contribution in [0.3, 0.4) is 0 Å². The van der Waals surface area contributed by atoms with E-state index in [1.165, 1.54) is 0 Å². The van der Waals surface area contributed by atoms with E-state index >= 15 is 0 Å². The van der Waals surface area contributed by atoms with Crippen molar-refractivity contribution in [2.45, 2.75) is 5.00 Å². The molecule has 0 rings (SSSR count). The number of alkyl halides is 1. The van der Waals surface area contributed by atoms with Crippen molar-refractivity contribution in [2.75, 3.05) is 5.75 Å². The maximum atomic E-state index is 9.95. The van der Waals surface area contributed by atoms with E-state index in [0.29, 0.717) is 0 Å². The maximum absolute atomic E-state index is 9.95. The van der Waals surface area contributed by atoms with Crippen molar-refractivity contribution in [2.24, 2.45) is 5.73 Å². The van der Waals surface area contributed by atoms with Crippen molar-refractivity contribution < 1.29 is 9.90 Å². The molecule has 0 unspecified atom stereocenters. The molecule has 0 aromatic rings. The van der Waals surface area contributed by atoms with Crippen molar-refractivity contribution in [3.8, 4) is 0 Å². The Balaban J connectivity index is 3.91. The lowest BCUT2D eigenvalue weighted by Crippen LogP contribution is -2.43. The van der Waals surface area contributed by atoms with Gasteiger partial charge in [0.2, 0.25) is 0 Å². The molecular formula is C3H6ClNO2S. The van der Waals surface area contributed by atoms with Crippen LogP contribution in [-0.4, -0.2) is 21.8 Å². The Morgan fingerprint density at radius 3 is 2.38 bits per heavy atom. The van der Waals surface area contributed by atoms with Crippen LogP contribution >= 0.6 is 24.2 Å². The van der Waals surface area contributed by atoms with Gasteiger partial charge in [-0.1, -0.05) is 11.6 Å². The highest BCUT2D eigenvalue weighted by Gasteiger charge is 2.28. The normalized spacial score (nSPS) is 17.4. The Kier molecular flexibility index (Phi) is 2.59. The van der Waals surface area contributed by atoms with Crippen LogP contribution in [0.25, 0.3) is 0 Å². The largest absolute Gasteiger partial charge is 0.479 e. The highest BCUT2D eigenvalue weighted by atomic mass is 35.5. The Morgan fingerprint density at radius 1 is 2.00 bits per heavy atom. The first-order valence-corrected chi connectivity index (χ1v) is 2.84. The fourth-order valence-electron chi connectivity index (χ4n) is 0.0676. The molecule has 0 fully saturated rings. The summed E-state index contributed by atoms with van der Waals surface area (Å²) in [5, 5.41) is 8.14. The molecule has 8 heavy (non-hydrogen) atoms. The first-order chi connectivity index (χ1) is 3.50. The summed E-state index contributed by atoms with van der Waals surface area (Å²) >= 11 is 8.76. The molecule has 48 valence electrons. The predicted octanol–water partition coefficient (Wildman–Crippen LogP) is -0.105. The van der Waals surface area contributed by atoms with Crippen molar-refractivity contribution in [1.82, 2.24) is 0 Å². The van der Waals surface area contributed by atoms with Crippen LogP contribution in [0.4, 0.5) is 0 Å². The quantitative estimate of drug-likeness (QED) is 0.296. The molecule has 3 N–H and O–H groups in total. The second-order valence-electron chi connectivity index (χ2n) is 1.33. The summed E-state index contributed by atoms with van der Waals surface area (Å²) in [5.41, 5.74) is 4.95. The average Bonchev–Trinajstić information content (AvgIpc) is 1.67. The van der Waals surface area contributed by atoms with Crippen LogP contribution in [0, 0.1) is 0 Å². The number of thiol groups is 1. The zero-order valence-corrected chi connectivity index (χ0v) is 5.62. The van der Waals surface area contributed by atoms with Gasteiger partial charge in [-0.3, -0.25) is 0 Å².